The van der Waals surface area contributed by atoms with Gasteiger partial charge in [0.15, 0.2) is 0 Å². The molecule has 0 aliphatic carbocycles. The van der Waals surface area contributed by atoms with Crippen LogP contribution in [0.2, 0.25) is 0 Å². The van der Waals surface area contributed by atoms with Crippen molar-refractivity contribution in [2.24, 2.45) is 0 Å². The van der Waals surface area contributed by atoms with Gasteiger partial charge in [-0.2, -0.15) is 0 Å². The summed E-state index contributed by atoms with van der Waals surface area (Å²) in [5, 5.41) is 0. The lowest BCUT2D eigenvalue weighted by Gasteiger charge is -2.14. The molecule has 1 aliphatic rings. The minimum Gasteiger partial charge on any atom is -0.494 e. The molecule has 0 atom stereocenters. The van der Waals surface area contributed by atoms with Gasteiger partial charge in [0.2, 0.25) is 11.8 Å². The molecule has 0 saturated carbocycles. The fourth-order valence-corrected chi connectivity index (χ4v) is 3.72. The average molecular weight is 374 g/mol. The fourth-order valence-electron chi connectivity index (χ4n) is 2.67. The number of anilines is 2. The first-order valence-corrected chi connectivity index (χ1v) is 9.60. The molecule has 0 radical (unpaired) electrons. The lowest BCUT2D eigenvalue weighted by Crippen LogP contribution is -2.28. The zero-order valence-electron chi connectivity index (χ0n) is 14.1. The Balaban J connectivity index is 1.80. The third-order valence-electron chi connectivity index (χ3n) is 3.85. The summed E-state index contributed by atoms with van der Waals surface area (Å²) >= 11 is 0. The van der Waals surface area contributed by atoms with Gasteiger partial charge in [0.1, 0.15) is 5.75 Å². The van der Waals surface area contributed by atoms with Crippen molar-refractivity contribution in [3.63, 3.8) is 0 Å². The summed E-state index contributed by atoms with van der Waals surface area (Å²) in [5.74, 6) is 0.00190. The highest BCUT2D eigenvalue weighted by molar-refractivity contribution is 7.92. The van der Waals surface area contributed by atoms with Crippen LogP contribution in [0, 0.1) is 0 Å². The van der Waals surface area contributed by atoms with Gasteiger partial charge < -0.3 is 4.74 Å². The van der Waals surface area contributed by atoms with E-state index in [0.29, 0.717) is 23.7 Å². The molecule has 2 amide bonds. The topological polar surface area (TPSA) is 92.8 Å². The van der Waals surface area contributed by atoms with Crippen LogP contribution in [-0.2, 0) is 19.6 Å². The minimum absolute atomic E-state index is 0.0298. The smallest absolute Gasteiger partial charge is 0.261 e. The standard InChI is InChI=1S/C18H18N2O5S/c1-2-25-15-5-3-4-13(12-15)19-26(23,24)16-8-6-14(7-9-16)20-17(21)10-11-18(20)22/h3-9,12,19H,2,10-11H2,1H3. The van der Waals surface area contributed by atoms with Crippen LogP contribution in [0.3, 0.4) is 0 Å². The van der Waals surface area contributed by atoms with Gasteiger partial charge in [0.05, 0.1) is 22.9 Å². The Hall–Kier alpha value is -2.87. The Labute approximate surface area is 151 Å². The molecule has 1 N–H and O–H groups in total. The molecule has 1 fully saturated rings. The van der Waals surface area contributed by atoms with E-state index < -0.39 is 10.0 Å². The fraction of sp³-hybridized carbons (Fsp3) is 0.222. The van der Waals surface area contributed by atoms with E-state index in [2.05, 4.69) is 4.72 Å². The molecular formula is C18H18N2O5S. The highest BCUT2D eigenvalue weighted by atomic mass is 32.2. The number of carbonyl (C=O) groups is 2. The zero-order chi connectivity index (χ0) is 18.7. The number of ether oxygens (including phenoxy) is 1. The summed E-state index contributed by atoms with van der Waals surface area (Å²) in [6, 6.07) is 12.3. The van der Waals surface area contributed by atoms with E-state index in [1.165, 1.54) is 24.3 Å². The Morgan fingerprint density at radius 2 is 1.69 bits per heavy atom. The van der Waals surface area contributed by atoms with Gasteiger partial charge >= 0.3 is 0 Å². The maximum absolute atomic E-state index is 12.5. The number of nitrogens with zero attached hydrogens (tertiary/aromatic N) is 1. The van der Waals surface area contributed by atoms with E-state index >= 15 is 0 Å². The van der Waals surface area contributed by atoms with Crippen LogP contribution in [0.1, 0.15) is 19.8 Å². The molecule has 0 bridgehead atoms. The highest BCUT2D eigenvalue weighted by Gasteiger charge is 2.30. The van der Waals surface area contributed by atoms with Gasteiger partial charge in [-0.15, -0.1) is 0 Å². The van der Waals surface area contributed by atoms with Gasteiger partial charge in [0.25, 0.3) is 10.0 Å². The van der Waals surface area contributed by atoms with E-state index in [4.69, 9.17) is 4.74 Å². The van der Waals surface area contributed by atoms with Crippen molar-refractivity contribution in [2.75, 3.05) is 16.2 Å². The molecule has 136 valence electrons. The third kappa shape index (κ3) is 3.70. The highest BCUT2D eigenvalue weighted by Crippen LogP contribution is 2.25. The van der Waals surface area contributed by atoms with Crippen molar-refractivity contribution in [3.05, 3.63) is 48.5 Å². The summed E-state index contributed by atoms with van der Waals surface area (Å²) in [6.07, 6.45) is 0.354. The average Bonchev–Trinajstić information content (AvgIpc) is 2.94. The number of rotatable bonds is 6. The van der Waals surface area contributed by atoms with Gasteiger partial charge in [-0.3, -0.25) is 19.2 Å². The van der Waals surface area contributed by atoms with E-state index in [1.54, 1.807) is 24.3 Å². The molecule has 0 unspecified atom stereocenters. The lowest BCUT2D eigenvalue weighted by atomic mass is 10.3. The Kier molecular flexibility index (Phi) is 4.94. The first-order valence-electron chi connectivity index (χ1n) is 8.12. The molecule has 0 spiro atoms. The largest absolute Gasteiger partial charge is 0.494 e. The van der Waals surface area contributed by atoms with Crippen LogP contribution < -0.4 is 14.4 Å². The van der Waals surface area contributed by atoms with Crippen LogP contribution in [0.5, 0.6) is 5.75 Å². The van der Waals surface area contributed by atoms with Crippen molar-refractivity contribution in [1.29, 1.82) is 0 Å². The second-order valence-electron chi connectivity index (χ2n) is 5.68. The number of carbonyl (C=O) groups excluding carboxylic acids is 2. The molecule has 8 heteroatoms. The van der Waals surface area contributed by atoms with Crippen LogP contribution in [0.25, 0.3) is 0 Å². The second-order valence-corrected chi connectivity index (χ2v) is 7.37. The second kappa shape index (κ2) is 7.17. The molecule has 1 saturated heterocycles. The number of hydrogen-bond acceptors (Lipinski definition) is 5. The molecular weight excluding hydrogens is 356 g/mol. The zero-order valence-corrected chi connectivity index (χ0v) is 15.0. The Bertz CT molecular complexity index is 922. The summed E-state index contributed by atoms with van der Waals surface area (Å²) in [7, 11) is -3.81. The van der Waals surface area contributed by atoms with Crippen molar-refractivity contribution in [1.82, 2.24) is 0 Å². The number of amides is 2. The van der Waals surface area contributed by atoms with Crippen molar-refractivity contribution < 1.29 is 22.7 Å². The molecule has 2 aromatic rings. The van der Waals surface area contributed by atoms with Gasteiger partial charge in [-0.1, -0.05) is 6.07 Å². The molecule has 3 rings (SSSR count). The molecule has 7 nitrogen and oxygen atoms in total. The van der Waals surface area contributed by atoms with Gasteiger partial charge in [-0.05, 0) is 43.3 Å². The van der Waals surface area contributed by atoms with E-state index in [1.807, 2.05) is 6.92 Å². The maximum Gasteiger partial charge on any atom is 0.261 e. The quantitative estimate of drug-likeness (QED) is 0.785. The van der Waals surface area contributed by atoms with Gasteiger partial charge in [-0.25, -0.2) is 8.42 Å². The molecule has 26 heavy (non-hydrogen) atoms. The molecule has 1 aliphatic heterocycles. The lowest BCUT2D eigenvalue weighted by molar-refractivity contribution is -0.121. The Morgan fingerprint density at radius 3 is 2.31 bits per heavy atom. The summed E-state index contributed by atoms with van der Waals surface area (Å²) < 4.78 is 32.9. The van der Waals surface area contributed by atoms with Crippen LogP contribution in [-0.4, -0.2) is 26.8 Å². The van der Waals surface area contributed by atoms with E-state index in [9.17, 15) is 18.0 Å². The maximum atomic E-state index is 12.5. The van der Waals surface area contributed by atoms with E-state index in [-0.39, 0.29) is 29.6 Å². The summed E-state index contributed by atoms with van der Waals surface area (Å²) in [4.78, 5) is 24.6. The predicted octanol–water partition coefficient (Wildman–Crippen LogP) is 2.54. The number of imide groups is 1. The predicted molar refractivity (Wildman–Crippen MR) is 96.6 cm³/mol. The van der Waals surface area contributed by atoms with E-state index in [0.717, 1.165) is 4.90 Å². The number of nitrogens with one attached hydrogen (secondary N) is 1. The first kappa shape index (κ1) is 17.9. The van der Waals surface area contributed by atoms with Crippen molar-refractivity contribution in [3.8, 4) is 5.75 Å². The van der Waals surface area contributed by atoms with Crippen LogP contribution in [0.15, 0.2) is 53.4 Å². The van der Waals surface area contributed by atoms with Crippen LogP contribution >= 0.6 is 0 Å². The SMILES string of the molecule is CCOc1cccc(NS(=O)(=O)c2ccc(N3C(=O)CCC3=O)cc2)c1. The Morgan fingerprint density at radius 1 is 1.04 bits per heavy atom. The molecule has 1 heterocycles. The molecule has 2 aromatic carbocycles. The third-order valence-corrected chi connectivity index (χ3v) is 5.25. The van der Waals surface area contributed by atoms with Gasteiger partial charge in [0, 0.05) is 18.9 Å². The summed E-state index contributed by atoms with van der Waals surface area (Å²) in [5.41, 5.74) is 0.750. The summed E-state index contributed by atoms with van der Waals surface area (Å²) in [6.45, 7) is 2.32. The normalized spacial score (nSPS) is 14.6. The minimum atomic E-state index is -3.81. The van der Waals surface area contributed by atoms with Crippen molar-refractivity contribution >= 4 is 33.2 Å². The van der Waals surface area contributed by atoms with Crippen molar-refractivity contribution in [2.45, 2.75) is 24.7 Å². The number of sulfonamides is 1. The van der Waals surface area contributed by atoms with Crippen LogP contribution in [0.4, 0.5) is 11.4 Å². The monoisotopic (exact) mass is 374 g/mol. The molecule has 0 aromatic heterocycles. The first-order chi connectivity index (χ1) is 12.4. The number of benzene rings is 2. The number of hydrogen-bond donors (Lipinski definition) is 1.